The van der Waals surface area contributed by atoms with Crippen LogP contribution in [0.15, 0.2) is 12.3 Å². The Morgan fingerprint density at radius 3 is 2.50 bits per heavy atom. The Morgan fingerprint density at radius 2 is 2.06 bits per heavy atom. The molecular weight excluding hydrogens is 219 g/mol. The number of alkyl halides is 3. The third-order valence-corrected chi connectivity index (χ3v) is 2.52. The normalized spacial score (nSPS) is 13.6. The molecule has 1 unspecified atom stereocenters. The zero-order valence-electron chi connectivity index (χ0n) is 9.43. The SMILES string of the molecule is CCC(C)c1nccc(OC)c1C(F)(F)F. The maximum Gasteiger partial charge on any atom is 0.421 e. The molecule has 0 N–H and O–H groups in total. The van der Waals surface area contributed by atoms with Gasteiger partial charge in [0.15, 0.2) is 0 Å². The summed E-state index contributed by atoms with van der Waals surface area (Å²) in [5.74, 6) is -0.412. The molecule has 0 radical (unpaired) electrons. The number of aromatic nitrogens is 1. The summed E-state index contributed by atoms with van der Waals surface area (Å²) in [4.78, 5) is 3.82. The average molecular weight is 233 g/mol. The molecule has 1 rings (SSSR count). The van der Waals surface area contributed by atoms with Crippen molar-refractivity contribution in [3.05, 3.63) is 23.5 Å². The van der Waals surface area contributed by atoms with E-state index in [4.69, 9.17) is 4.74 Å². The molecule has 2 nitrogen and oxygen atoms in total. The monoisotopic (exact) mass is 233 g/mol. The first-order chi connectivity index (χ1) is 7.41. The summed E-state index contributed by atoms with van der Waals surface area (Å²) in [5.41, 5.74) is -0.707. The van der Waals surface area contributed by atoms with Gasteiger partial charge in [0.2, 0.25) is 0 Å². The fraction of sp³-hybridized carbons (Fsp3) is 0.545. The quantitative estimate of drug-likeness (QED) is 0.795. The Morgan fingerprint density at radius 1 is 1.44 bits per heavy atom. The fourth-order valence-electron chi connectivity index (χ4n) is 1.48. The van der Waals surface area contributed by atoms with Gasteiger partial charge in [-0.1, -0.05) is 13.8 Å². The smallest absolute Gasteiger partial charge is 0.421 e. The van der Waals surface area contributed by atoms with Crippen molar-refractivity contribution in [2.75, 3.05) is 7.11 Å². The highest BCUT2D eigenvalue weighted by molar-refractivity contribution is 5.39. The van der Waals surface area contributed by atoms with Crippen LogP contribution in [0.4, 0.5) is 13.2 Å². The molecule has 0 saturated heterocycles. The standard InChI is InChI=1S/C11H14F3NO/c1-4-7(2)10-9(11(12,13)14)8(16-3)5-6-15-10/h5-7H,4H2,1-3H3. The van der Waals surface area contributed by atoms with E-state index in [1.165, 1.54) is 19.4 Å². The van der Waals surface area contributed by atoms with Gasteiger partial charge in [0.25, 0.3) is 0 Å². The van der Waals surface area contributed by atoms with E-state index < -0.39 is 11.7 Å². The van der Waals surface area contributed by atoms with Crippen LogP contribution >= 0.6 is 0 Å². The van der Waals surface area contributed by atoms with Crippen LogP contribution in [0.25, 0.3) is 0 Å². The number of methoxy groups -OCH3 is 1. The minimum atomic E-state index is -4.43. The molecule has 1 heterocycles. The average Bonchev–Trinajstić information content (AvgIpc) is 2.25. The van der Waals surface area contributed by atoms with Crippen LogP contribution in [-0.2, 0) is 6.18 Å². The zero-order valence-corrected chi connectivity index (χ0v) is 9.43. The molecule has 0 aliphatic carbocycles. The summed E-state index contributed by atoms with van der Waals surface area (Å²) in [6.07, 6.45) is -2.49. The first-order valence-electron chi connectivity index (χ1n) is 5.01. The number of nitrogens with zero attached hydrogens (tertiary/aromatic N) is 1. The summed E-state index contributed by atoms with van der Waals surface area (Å²) >= 11 is 0. The molecule has 0 fully saturated rings. The highest BCUT2D eigenvalue weighted by Crippen LogP contribution is 2.40. The highest BCUT2D eigenvalue weighted by Gasteiger charge is 2.38. The molecule has 0 aliphatic heterocycles. The van der Waals surface area contributed by atoms with Gasteiger partial charge in [-0.15, -0.1) is 0 Å². The lowest BCUT2D eigenvalue weighted by atomic mass is 9.98. The van der Waals surface area contributed by atoms with Crippen LogP contribution in [0, 0.1) is 0 Å². The van der Waals surface area contributed by atoms with Crippen LogP contribution < -0.4 is 4.74 Å². The molecule has 1 atom stereocenters. The summed E-state index contributed by atoms with van der Waals surface area (Å²) < 4.78 is 43.4. The first-order valence-corrected chi connectivity index (χ1v) is 5.01. The van der Waals surface area contributed by atoms with E-state index in [0.717, 1.165) is 0 Å². The molecule has 1 aromatic heterocycles. The lowest BCUT2D eigenvalue weighted by Gasteiger charge is -2.18. The summed E-state index contributed by atoms with van der Waals surface area (Å²) in [7, 11) is 1.23. The van der Waals surface area contributed by atoms with Gasteiger partial charge in [0.1, 0.15) is 11.3 Å². The number of halogens is 3. The third-order valence-electron chi connectivity index (χ3n) is 2.52. The summed E-state index contributed by atoms with van der Waals surface area (Å²) in [6.45, 7) is 3.54. The van der Waals surface area contributed by atoms with Crippen molar-refractivity contribution in [1.82, 2.24) is 4.98 Å². The van der Waals surface area contributed by atoms with Crippen molar-refractivity contribution in [3.63, 3.8) is 0 Å². The van der Waals surface area contributed by atoms with Gasteiger partial charge in [-0.25, -0.2) is 0 Å². The maximum atomic E-state index is 12.9. The van der Waals surface area contributed by atoms with E-state index in [2.05, 4.69) is 4.98 Å². The molecule has 0 saturated carbocycles. The van der Waals surface area contributed by atoms with Crippen LogP contribution in [-0.4, -0.2) is 12.1 Å². The zero-order chi connectivity index (χ0) is 12.3. The predicted molar refractivity (Wildman–Crippen MR) is 54.5 cm³/mol. The number of pyridine rings is 1. The molecule has 0 aliphatic rings. The van der Waals surface area contributed by atoms with Crippen molar-refractivity contribution >= 4 is 0 Å². The van der Waals surface area contributed by atoms with Crippen LogP contribution in [0.1, 0.15) is 37.4 Å². The molecule has 0 bridgehead atoms. The summed E-state index contributed by atoms with van der Waals surface area (Å²) in [5, 5.41) is 0. The summed E-state index contributed by atoms with van der Waals surface area (Å²) in [6, 6.07) is 1.23. The topological polar surface area (TPSA) is 22.1 Å². The lowest BCUT2D eigenvalue weighted by molar-refractivity contribution is -0.139. The molecule has 0 aromatic carbocycles. The minimum Gasteiger partial charge on any atom is -0.496 e. The van der Waals surface area contributed by atoms with Gasteiger partial charge in [-0.05, 0) is 18.4 Å². The molecule has 16 heavy (non-hydrogen) atoms. The van der Waals surface area contributed by atoms with Crippen molar-refractivity contribution in [1.29, 1.82) is 0 Å². The first kappa shape index (κ1) is 12.8. The van der Waals surface area contributed by atoms with Gasteiger partial charge in [0.05, 0.1) is 12.8 Å². The van der Waals surface area contributed by atoms with E-state index in [0.29, 0.717) is 6.42 Å². The Balaban J connectivity index is 3.38. The van der Waals surface area contributed by atoms with E-state index in [-0.39, 0.29) is 17.4 Å². The third kappa shape index (κ3) is 2.46. The van der Waals surface area contributed by atoms with Gasteiger partial charge < -0.3 is 4.74 Å². The second kappa shape index (κ2) is 4.72. The van der Waals surface area contributed by atoms with E-state index >= 15 is 0 Å². The maximum absolute atomic E-state index is 12.9. The Hall–Kier alpha value is -1.26. The largest absolute Gasteiger partial charge is 0.496 e. The molecule has 5 heteroatoms. The molecule has 90 valence electrons. The minimum absolute atomic E-state index is 0.0503. The molecule has 0 amide bonds. The van der Waals surface area contributed by atoms with Crippen LogP contribution in [0.2, 0.25) is 0 Å². The van der Waals surface area contributed by atoms with Gasteiger partial charge in [-0.2, -0.15) is 13.2 Å². The van der Waals surface area contributed by atoms with E-state index in [1.807, 2.05) is 6.92 Å². The number of hydrogen-bond acceptors (Lipinski definition) is 2. The van der Waals surface area contributed by atoms with E-state index in [1.54, 1.807) is 6.92 Å². The van der Waals surface area contributed by atoms with E-state index in [9.17, 15) is 13.2 Å². The van der Waals surface area contributed by atoms with Gasteiger partial charge in [0, 0.05) is 6.20 Å². The van der Waals surface area contributed by atoms with Crippen LogP contribution in [0.5, 0.6) is 5.75 Å². The van der Waals surface area contributed by atoms with Gasteiger partial charge in [-0.3, -0.25) is 4.98 Å². The number of ether oxygens (including phenoxy) is 1. The molecule has 0 spiro atoms. The Kier molecular flexibility index (Phi) is 3.78. The second-order valence-corrected chi connectivity index (χ2v) is 3.58. The second-order valence-electron chi connectivity index (χ2n) is 3.58. The van der Waals surface area contributed by atoms with Gasteiger partial charge >= 0.3 is 6.18 Å². The Bertz CT molecular complexity index is 363. The lowest BCUT2D eigenvalue weighted by Crippen LogP contribution is -2.14. The highest BCUT2D eigenvalue weighted by atomic mass is 19.4. The number of hydrogen-bond donors (Lipinski definition) is 0. The predicted octanol–water partition coefficient (Wildman–Crippen LogP) is 3.62. The molecule has 1 aromatic rings. The van der Waals surface area contributed by atoms with Crippen molar-refractivity contribution in [2.45, 2.75) is 32.4 Å². The molecular formula is C11H14F3NO. The number of rotatable bonds is 3. The van der Waals surface area contributed by atoms with Crippen molar-refractivity contribution < 1.29 is 17.9 Å². The van der Waals surface area contributed by atoms with Crippen LogP contribution in [0.3, 0.4) is 0 Å². The van der Waals surface area contributed by atoms with Crippen molar-refractivity contribution in [3.8, 4) is 5.75 Å². The van der Waals surface area contributed by atoms with Crippen molar-refractivity contribution in [2.24, 2.45) is 0 Å². The Labute approximate surface area is 92.5 Å². The fourth-order valence-corrected chi connectivity index (χ4v) is 1.48.